The topological polar surface area (TPSA) is 63.2 Å². The van der Waals surface area contributed by atoms with Gasteiger partial charge in [-0.2, -0.15) is 0 Å². The molecule has 0 atom stereocenters. The maximum Gasteiger partial charge on any atom is 0.266 e. The molecule has 32 heavy (non-hydrogen) atoms. The first-order chi connectivity index (χ1) is 15.6. The number of aryl methyl sites for hydroxylation is 1. The standard InChI is InChI=1S/C27H19N3O2/c1-18-16-29-25(17-28-18)30(26(31)23-12-10-19-6-2-4-8-21(19)14-23)27(32)24-13-11-20-7-3-5-9-22(20)15-24/h2-17H,1H3. The molecule has 5 nitrogen and oxygen atoms in total. The predicted octanol–water partition coefficient (Wildman–Crippen LogP) is 5.58. The van der Waals surface area contributed by atoms with Crippen molar-refractivity contribution in [3.8, 4) is 0 Å². The normalized spacial score (nSPS) is 10.9. The predicted molar refractivity (Wildman–Crippen MR) is 126 cm³/mol. The van der Waals surface area contributed by atoms with Gasteiger partial charge in [-0.25, -0.2) is 9.88 Å². The molecule has 0 radical (unpaired) electrons. The van der Waals surface area contributed by atoms with Crippen molar-refractivity contribution in [1.82, 2.24) is 9.97 Å². The second-order valence-electron chi connectivity index (χ2n) is 7.59. The van der Waals surface area contributed by atoms with Crippen molar-refractivity contribution < 1.29 is 9.59 Å². The van der Waals surface area contributed by atoms with Gasteiger partial charge in [0.1, 0.15) is 0 Å². The molecule has 0 bridgehead atoms. The number of anilines is 1. The van der Waals surface area contributed by atoms with E-state index in [0.29, 0.717) is 16.8 Å². The van der Waals surface area contributed by atoms with Gasteiger partial charge in [0.15, 0.2) is 5.82 Å². The molecular weight excluding hydrogens is 398 g/mol. The van der Waals surface area contributed by atoms with Gasteiger partial charge in [0.05, 0.1) is 18.1 Å². The zero-order valence-electron chi connectivity index (χ0n) is 17.4. The Morgan fingerprint density at radius 2 is 1.12 bits per heavy atom. The maximum absolute atomic E-state index is 13.6. The smallest absolute Gasteiger partial charge is 0.266 e. The Morgan fingerprint density at radius 3 is 1.59 bits per heavy atom. The van der Waals surface area contributed by atoms with E-state index in [9.17, 15) is 9.59 Å². The average Bonchev–Trinajstić information content (AvgIpc) is 2.84. The number of fused-ring (bicyclic) bond motifs is 2. The summed E-state index contributed by atoms with van der Waals surface area (Å²) in [5, 5.41) is 3.89. The highest BCUT2D eigenvalue weighted by Crippen LogP contribution is 2.23. The number of rotatable bonds is 3. The second kappa shape index (κ2) is 8.04. The molecule has 5 heteroatoms. The van der Waals surface area contributed by atoms with Gasteiger partial charge in [-0.15, -0.1) is 0 Å². The molecule has 4 aromatic carbocycles. The first kappa shape index (κ1) is 19.6. The maximum atomic E-state index is 13.6. The molecule has 1 heterocycles. The summed E-state index contributed by atoms with van der Waals surface area (Å²) in [5.41, 5.74) is 1.51. The van der Waals surface area contributed by atoms with Gasteiger partial charge in [-0.3, -0.25) is 14.6 Å². The summed E-state index contributed by atoms with van der Waals surface area (Å²) < 4.78 is 0. The fraction of sp³-hybridized carbons (Fsp3) is 0.0370. The lowest BCUT2D eigenvalue weighted by Gasteiger charge is -2.20. The van der Waals surface area contributed by atoms with Crippen molar-refractivity contribution >= 4 is 39.2 Å². The average molecular weight is 417 g/mol. The second-order valence-corrected chi connectivity index (χ2v) is 7.59. The largest absolute Gasteiger partial charge is 0.268 e. The molecule has 0 unspecified atom stereocenters. The van der Waals surface area contributed by atoms with Crippen molar-refractivity contribution in [3.05, 3.63) is 114 Å². The minimum atomic E-state index is -0.452. The van der Waals surface area contributed by atoms with Crippen LogP contribution in [0.25, 0.3) is 21.5 Å². The lowest BCUT2D eigenvalue weighted by Crippen LogP contribution is -2.37. The van der Waals surface area contributed by atoms with Gasteiger partial charge in [-0.05, 0) is 52.7 Å². The van der Waals surface area contributed by atoms with E-state index < -0.39 is 11.8 Å². The molecular formula is C27H19N3O2. The van der Waals surface area contributed by atoms with Crippen molar-refractivity contribution in [2.75, 3.05) is 4.90 Å². The van der Waals surface area contributed by atoms with E-state index in [0.717, 1.165) is 26.4 Å². The van der Waals surface area contributed by atoms with Crippen LogP contribution < -0.4 is 4.90 Å². The fourth-order valence-corrected chi connectivity index (χ4v) is 3.70. The third kappa shape index (κ3) is 3.61. The van der Waals surface area contributed by atoms with Gasteiger partial charge < -0.3 is 0 Å². The van der Waals surface area contributed by atoms with E-state index >= 15 is 0 Å². The molecule has 0 N–H and O–H groups in total. The SMILES string of the molecule is Cc1cnc(N(C(=O)c2ccc3ccccc3c2)C(=O)c2ccc3ccccc3c2)cn1. The monoisotopic (exact) mass is 417 g/mol. The number of hydrogen-bond acceptors (Lipinski definition) is 4. The van der Waals surface area contributed by atoms with Crippen molar-refractivity contribution in [3.63, 3.8) is 0 Å². The Hall–Kier alpha value is -4.38. The van der Waals surface area contributed by atoms with Gasteiger partial charge in [0.2, 0.25) is 0 Å². The lowest BCUT2D eigenvalue weighted by atomic mass is 10.0. The van der Waals surface area contributed by atoms with Crippen LogP contribution in [0.2, 0.25) is 0 Å². The molecule has 0 aliphatic rings. The Labute approximate surface area is 185 Å². The van der Waals surface area contributed by atoms with Crippen molar-refractivity contribution in [2.45, 2.75) is 6.92 Å². The lowest BCUT2D eigenvalue weighted by molar-refractivity contribution is 0.0896. The van der Waals surface area contributed by atoms with E-state index in [2.05, 4.69) is 9.97 Å². The fourth-order valence-electron chi connectivity index (χ4n) is 3.70. The molecule has 0 saturated heterocycles. The summed E-state index contributed by atoms with van der Waals surface area (Å²) in [5.74, 6) is -0.717. The highest BCUT2D eigenvalue weighted by atomic mass is 16.2. The quantitative estimate of drug-likeness (QED) is 0.360. The summed E-state index contributed by atoms with van der Waals surface area (Å²) in [6.45, 7) is 1.80. The van der Waals surface area contributed by atoms with Crippen LogP contribution in [0.1, 0.15) is 26.4 Å². The number of amides is 2. The number of nitrogens with zero attached hydrogens (tertiary/aromatic N) is 3. The Bertz CT molecular complexity index is 1380. The van der Waals surface area contributed by atoms with Crippen LogP contribution in [0, 0.1) is 6.92 Å². The Morgan fingerprint density at radius 1 is 0.625 bits per heavy atom. The number of imide groups is 1. The highest BCUT2D eigenvalue weighted by molar-refractivity contribution is 6.26. The molecule has 5 rings (SSSR count). The summed E-state index contributed by atoms with van der Waals surface area (Å²) in [7, 11) is 0. The van der Waals surface area contributed by atoms with Crippen molar-refractivity contribution in [1.29, 1.82) is 0 Å². The van der Waals surface area contributed by atoms with Gasteiger partial charge in [0, 0.05) is 11.1 Å². The molecule has 0 fully saturated rings. The Balaban J connectivity index is 1.61. The highest BCUT2D eigenvalue weighted by Gasteiger charge is 2.27. The third-order valence-electron chi connectivity index (χ3n) is 5.40. The van der Waals surface area contributed by atoms with E-state index in [4.69, 9.17) is 0 Å². The third-order valence-corrected chi connectivity index (χ3v) is 5.40. The first-order valence-corrected chi connectivity index (χ1v) is 10.3. The molecule has 0 spiro atoms. The van der Waals surface area contributed by atoms with E-state index in [-0.39, 0.29) is 5.82 Å². The van der Waals surface area contributed by atoms with Gasteiger partial charge >= 0.3 is 0 Å². The van der Waals surface area contributed by atoms with Crippen LogP contribution in [-0.4, -0.2) is 21.8 Å². The minimum absolute atomic E-state index is 0.187. The van der Waals surface area contributed by atoms with E-state index in [1.807, 2.05) is 60.7 Å². The van der Waals surface area contributed by atoms with E-state index in [1.54, 1.807) is 37.4 Å². The zero-order chi connectivity index (χ0) is 22.1. The van der Waals surface area contributed by atoms with Crippen LogP contribution >= 0.6 is 0 Å². The number of carbonyl (C=O) groups excluding carboxylic acids is 2. The summed E-state index contributed by atoms with van der Waals surface area (Å²) in [6, 6.07) is 26.4. The van der Waals surface area contributed by atoms with Crippen LogP contribution in [0.3, 0.4) is 0 Å². The summed E-state index contributed by atoms with van der Waals surface area (Å²) in [4.78, 5) is 36.8. The van der Waals surface area contributed by atoms with Crippen molar-refractivity contribution in [2.24, 2.45) is 0 Å². The molecule has 154 valence electrons. The molecule has 0 saturated carbocycles. The summed E-state index contributed by atoms with van der Waals surface area (Å²) >= 11 is 0. The minimum Gasteiger partial charge on any atom is -0.268 e. The Kier molecular flexibility index (Phi) is 4.92. The van der Waals surface area contributed by atoms with Crippen LogP contribution in [0.4, 0.5) is 5.82 Å². The zero-order valence-corrected chi connectivity index (χ0v) is 17.4. The number of hydrogen-bond donors (Lipinski definition) is 0. The first-order valence-electron chi connectivity index (χ1n) is 10.3. The van der Waals surface area contributed by atoms with E-state index in [1.165, 1.54) is 6.20 Å². The van der Waals surface area contributed by atoms with Gasteiger partial charge in [-0.1, -0.05) is 60.7 Å². The number of benzene rings is 4. The number of carbonyl (C=O) groups is 2. The number of aromatic nitrogens is 2. The summed E-state index contributed by atoms with van der Waals surface area (Å²) in [6.07, 6.45) is 3.00. The van der Waals surface area contributed by atoms with Crippen LogP contribution in [0.5, 0.6) is 0 Å². The van der Waals surface area contributed by atoms with Crippen LogP contribution in [-0.2, 0) is 0 Å². The molecule has 0 aliphatic carbocycles. The molecule has 0 aliphatic heterocycles. The van der Waals surface area contributed by atoms with Crippen LogP contribution in [0.15, 0.2) is 97.3 Å². The molecule has 5 aromatic rings. The molecule has 2 amide bonds. The molecule has 1 aromatic heterocycles. The van der Waals surface area contributed by atoms with Gasteiger partial charge in [0.25, 0.3) is 11.8 Å².